The van der Waals surface area contributed by atoms with Crippen molar-refractivity contribution in [2.75, 3.05) is 38.6 Å². The molecule has 6 nitrogen and oxygen atoms in total. The van der Waals surface area contributed by atoms with Gasteiger partial charge in [-0.3, -0.25) is 0 Å². The van der Waals surface area contributed by atoms with Gasteiger partial charge >= 0.3 is 0 Å². The lowest BCUT2D eigenvalue weighted by Crippen LogP contribution is -2.42. The predicted molar refractivity (Wildman–Crippen MR) is 74.5 cm³/mol. The van der Waals surface area contributed by atoms with Crippen LogP contribution in [0.15, 0.2) is 0 Å². The van der Waals surface area contributed by atoms with Crippen molar-refractivity contribution in [2.45, 2.75) is 38.9 Å². The highest BCUT2D eigenvalue weighted by atomic mass is 32.2. The summed E-state index contributed by atoms with van der Waals surface area (Å²) in [4.78, 5) is 0. The second-order valence-corrected chi connectivity index (χ2v) is 7.08. The van der Waals surface area contributed by atoms with Gasteiger partial charge in [0.2, 0.25) is 10.0 Å². The third kappa shape index (κ3) is 6.18. The molecule has 1 heterocycles. The number of hydrogen-bond acceptors (Lipinski definition) is 5. The summed E-state index contributed by atoms with van der Waals surface area (Å²) >= 11 is 0. The molecule has 19 heavy (non-hydrogen) atoms. The highest BCUT2D eigenvalue weighted by molar-refractivity contribution is 7.89. The summed E-state index contributed by atoms with van der Waals surface area (Å²) in [5.41, 5.74) is 5.38. The first-order valence-corrected chi connectivity index (χ1v) is 8.47. The molecule has 1 aliphatic rings. The van der Waals surface area contributed by atoms with Crippen molar-refractivity contribution in [3.63, 3.8) is 0 Å². The number of ether oxygens (including phenoxy) is 2. The van der Waals surface area contributed by atoms with Crippen LogP contribution in [0.2, 0.25) is 0 Å². The van der Waals surface area contributed by atoms with Crippen molar-refractivity contribution in [3.8, 4) is 0 Å². The van der Waals surface area contributed by atoms with Gasteiger partial charge in [0.25, 0.3) is 0 Å². The second-order valence-electron chi connectivity index (χ2n) is 4.99. The third-order valence-corrected chi connectivity index (χ3v) is 4.89. The van der Waals surface area contributed by atoms with Crippen molar-refractivity contribution < 1.29 is 17.9 Å². The van der Waals surface area contributed by atoms with Crippen LogP contribution in [0.1, 0.15) is 26.7 Å². The van der Waals surface area contributed by atoms with Gasteiger partial charge in [0, 0.05) is 19.6 Å². The molecule has 0 unspecified atom stereocenters. The highest BCUT2D eigenvalue weighted by Crippen LogP contribution is 2.16. The van der Waals surface area contributed by atoms with Gasteiger partial charge in [-0.05, 0) is 26.7 Å². The average Bonchev–Trinajstić information content (AvgIpc) is 2.36. The van der Waals surface area contributed by atoms with Crippen LogP contribution in [-0.4, -0.2) is 63.5 Å². The summed E-state index contributed by atoms with van der Waals surface area (Å²) in [6, 6.07) is 0. The summed E-state index contributed by atoms with van der Waals surface area (Å²) in [6.07, 6.45) is 1.68. The van der Waals surface area contributed by atoms with Crippen LogP contribution in [0.25, 0.3) is 0 Å². The lowest BCUT2D eigenvalue weighted by Gasteiger charge is -2.31. The Morgan fingerprint density at radius 1 is 1.26 bits per heavy atom. The van der Waals surface area contributed by atoms with Crippen molar-refractivity contribution in [2.24, 2.45) is 5.73 Å². The maximum Gasteiger partial charge on any atom is 0.216 e. The molecule has 0 aliphatic carbocycles. The SMILES string of the molecule is CC(C)OCCS(=O)(=O)N1CCC(OCCN)CC1. The molecule has 0 aromatic carbocycles. The largest absolute Gasteiger partial charge is 0.378 e. The molecule has 0 spiro atoms. The minimum Gasteiger partial charge on any atom is -0.378 e. The van der Waals surface area contributed by atoms with E-state index in [0.717, 1.165) is 12.8 Å². The van der Waals surface area contributed by atoms with Crippen LogP contribution >= 0.6 is 0 Å². The van der Waals surface area contributed by atoms with E-state index in [-0.39, 0.29) is 24.6 Å². The normalized spacial score (nSPS) is 19.2. The third-order valence-electron chi connectivity index (χ3n) is 3.06. The van der Waals surface area contributed by atoms with Crippen molar-refractivity contribution >= 4 is 10.0 Å². The van der Waals surface area contributed by atoms with E-state index < -0.39 is 10.0 Å². The average molecular weight is 294 g/mol. The van der Waals surface area contributed by atoms with Gasteiger partial charge in [0.15, 0.2) is 0 Å². The number of nitrogens with two attached hydrogens (primary N) is 1. The Morgan fingerprint density at radius 2 is 1.89 bits per heavy atom. The topological polar surface area (TPSA) is 81.9 Å². The van der Waals surface area contributed by atoms with E-state index in [1.807, 2.05) is 13.8 Å². The maximum atomic E-state index is 12.1. The van der Waals surface area contributed by atoms with Crippen molar-refractivity contribution in [1.82, 2.24) is 4.31 Å². The minimum absolute atomic E-state index is 0.0551. The van der Waals surface area contributed by atoms with E-state index in [1.165, 1.54) is 0 Å². The monoisotopic (exact) mass is 294 g/mol. The van der Waals surface area contributed by atoms with Gasteiger partial charge < -0.3 is 15.2 Å². The Balaban J connectivity index is 2.32. The van der Waals surface area contributed by atoms with Gasteiger partial charge in [0.05, 0.1) is 31.2 Å². The van der Waals surface area contributed by atoms with Gasteiger partial charge in [-0.25, -0.2) is 12.7 Å². The summed E-state index contributed by atoms with van der Waals surface area (Å²) < 4.78 is 36.5. The first kappa shape index (κ1) is 16.8. The molecule has 0 bridgehead atoms. The van der Waals surface area contributed by atoms with E-state index in [0.29, 0.717) is 26.2 Å². The molecule has 7 heteroatoms. The van der Waals surface area contributed by atoms with Crippen LogP contribution in [0, 0.1) is 0 Å². The molecule has 2 N–H and O–H groups in total. The molecule has 0 radical (unpaired) electrons. The molecule has 1 rings (SSSR count). The minimum atomic E-state index is -3.19. The molecule has 1 aliphatic heterocycles. The zero-order valence-electron chi connectivity index (χ0n) is 11.9. The fourth-order valence-electron chi connectivity index (χ4n) is 2.03. The zero-order chi connectivity index (χ0) is 14.3. The van der Waals surface area contributed by atoms with E-state index in [9.17, 15) is 8.42 Å². The summed E-state index contributed by atoms with van der Waals surface area (Å²) in [5, 5.41) is 0. The molecule has 0 aromatic rings. The zero-order valence-corrected chi connectivity index (χ0v) is 12.7. The molecular weight excluding hydrogens is 268 g/mol. The summed E-state index contributed by atoms with van der Waals surface area (Å²) in [5.74, 6) is 0.0551. The van der Waals surface area contributed by atoms with E-state index in [4.69, 9.17) is 15.2 Å². The molecule has 0 aromatic heterocycles. The van der Waals surface area contributed by atoms with Crippen molar-refractivity contribution in [3.05, 3.63) is 0 Å². The van der Waals surface area contributed by atoms with Crippen LogP contribution < -0.4 is 5.73 Å². The fraction of sp³-hybridized carbons (Fsp3) is 1.00. The number of nitrogens with zero attached hydrogens (tertiary/aromatic N) is 1. The molecule has 1 fully saturated rings. The number of hydrogen-bond donors (Lipinski definition) is 1. The van der Waals surface area contributed by atoms with Gasteiger partial charge in [-0.1, -0.05) is 0 Å². The van der Waals surface area contributed by atoms with E-state index >= 15 is 0 Å². The first-order chi connectivity index (χ1) is 8.95. The quantitative estimate of drug-likeness (QED) is 0.690. The van der Waals surface area contributed by atoms with Crippen LogP contribution in [0.3, 0.4) is 0 Å². The highest BCUT2D eigenvalue weighted by Gasteiger charge is 2.27. The Hall–Kier alpha value is -0.210. The summed E-state index contributed by atoms with van der Waals surface area (Å²) in [6.45, 7) is 6.15. The van der Waals surface area contributed by atoms with Crippen LogP contribution in [0.4, 0.5) is 0 Å². The van der Waals surface area contributed by atoms with E-state index in [1.54, 1.807) is 4.31 Å². The molecule has 1 saturated heterocycles. The van der Waals surface area contributed by atoms with Gasteiger partial charge in [0.1, 0.15) is 0 Å². The van der Waals surface area contributed by atoms with Crippen LogP contribution in [-0.2, 0) is 19.5 Å². The standard InChI is InChI=1S/C12H26N2O4S/c1-11(2)17-9-10-19(15,16)14-6-3-12(4-7-14)18-8-5-13/h11-12H,3-10,13H2,1-2H3. The lowest BCUT2D eigenvalue weighted by molar-refractivity contribution is 0.0255. The number of piperidine rings is 1. The smallest absolute Gasteiger partial charge is 0.216 e. The number of rotatable bonds is 8. The second kappa shape index (κ2) is 8.16. The Kier molecular flexibility index (Phi) is 7.23. The summed E-state index contributed by atoms with van der Waals surface area (Å²) in [7, 11) is -3.19. The molecule has 114 valence electrons. The lowest BCUT2D eigenvalue weighted by atomic mass is 10.1. The Morgan fingerprint density at radius 3 is 2.42 bits per heavy atom. The van der Waals surface area contributed by atoms with Crippen LogP contribution in [0.5, 0.6) is 0 Å². The molecular formula is C12H26N2O4S. The van der Waals surface area contributed by atoms with Gasteiger partial charge in [-0.2, -0.15) is 0 Å². The fourth-order valence-corrected chi connectivity index (χ4v) is 3.36. The van der Waals surface area contributed by atoms with Gasteiger partial charge in [-0.15, -0.1) is 0 Å². The molecule has 0 saturated carbocycles. The first-order valence-electron chi connectivity index (χ1n) is 6.87. The van der Waals surface area contributed by atoms with Crippen molar-refractivity contribution in [1.29, 1.82) is 0 Å². The Bertz CT molecular complexity index is 338. The van der Waals surface area contributed by atoms with E-state index in [2.05, 4.69) is 0 Å². The maximum absolute atomic E-state index is 12.1. The molecule has 0 amide bonds. The number of sulfonamides is 1. The predicted octanol–water partition coefficient (Wildman–Crippen LogP) is 0.181. The Labute approximate surface area is 116 Å². The molecule has 0 atom stereocenters.